The molecule has 0 spiro atoms. The third-order valence-electron chi connectivity index (χ3n) is 3.44. The second-order valence-electron chi connectivity index (χ2n) is 5.02. The largest absolute Gasteiger partial charge is 0.326 e. The third-order valence-corrected chi connectivity index (χ3v) is 4.55. The van der Waals surface area contributed by atoms with Crippen molar-refractivity contribution in [1.29, 1.82) is 0 Å². The standard InChI is InChI=1S/C13H23N3S/c1-3-11-12(7-14)17-13(15-11)9-16-6-4-5-10(2)8-16/h10H,3-9,14H2,1-2H3. The zero-order valence-corrected chi connectivity index (χ0v) is 11.7. The highest BCUT2D eigenvalue weighted by Crippen LogP contribution is 2.23. The lowest BCUT2D eigenvalue weighted by Gasteiger charge is -2.29. The van der Waals surface area contributed by atoms with Crippen LogP contribution in [-0.2, 0) is 19.5 Å². The molecular weight excluding hydrogens is 230 g/mol. The summed E-state index contributed by atoms with van der Waals surface area (Å²) in [5.74, 6) is 0.836. The van der Waals surface area contributed by atoms with E-state index in [2.05, 4.69) is 18.7 Å². The highest BCUT2D eigenvalue weighted by Gasteiger charge is 2.18. The molecule has 17 heavy (non-hydrogen) atoms. The van der Waals surface area contributed by atoms with Crippen molar-refractivity contribution >= 4 is 11.3 Å². The van der Waals surface area contributed by atoms with Gasteiger partial charge in [-0.2, -0.15) is 0 Å². The Labute approximate surface area is 108 Å². The van der Waals surface area contributed by atoms with Crippen molar-refractivity contribution in [2.45, 2.75) is 46.2 Å². The highest BCUT2D eigenvalue weighted by molar-refractivity contribution is 7.11. The van der Waals surface area contributed by atoms with Crippen molar-refractivity contribution in [1.82, 2.24) is 9.88 Å². The molecule has 1 fully saturated rings. The van der Waals surface area contributed by atoms with Gasteiger partial charge in [0.25, 0.3) is 0 Å². The minimum absolute atomic E-state index is 0.636. The summed E-state index contributed by atoms with van der Waals surface area (Å²) in [6, 6.07) is 0. The zero-order valence-electron chi connectivity index (χ0n) is 10.9. The molecule has 0 radical (unpaired) electrons. The number of aromatic nitrogens is 1. The van der Waals surface area contributed by atoms with Gasteiger partial charge in [-0.15, -0.1) is 11.3 Å². The molecule has 4 heteroatoms. The minimum atomic E-state index is 0.636. The molecular formula is C13H23N3S. The number of thiazole rings is 1. The van der Waals surface area contributed by atoms with Crippen LogP contribution in [0.15, 0.2) is 0 Å². The van der Waals surface area contributed by atoms with Crippen LogP contribution in [0.1, 0.15) is 42.3 Å². The van der Waals surface area contributed by atoms with Crippen LogP contribution >= 0.6 is 11.3 Å². The Hall–Kier alpha value is -0.450. The van der Waals surface area contributed by atoms with Crippen LogP contribution in [0, 0.1) is 5.92 Å². The molecule has 2 rings (SSSR count). The van der Waals surface area contributed by atoms with E-state index in [-0.39, 0.29) is 0 Å². The van der Waals surface area contributed by atoms with E-state index < -0.39 is 0 Å². The number of nitrogens with two attached hydrogens (primary N) is 1. The quantitative estimate of drug-likeness (QED) is 0.896. The van der Waals surface area contributed by atoms with Gasteiger partial charge in [-0.05, 0) is 31.7 Å². The molecule has 1 unspecified atom stereocenters. The van der Waals surface area contributed by atoms with E-state index in [0.717, 1.165) is 18.9 Å². The summed E-state index contributed by atoms with van der Waals surface area (Å²) in [6.45, 7) is 8.60. The number of rotatable bonds is 4. The van der Waals surface area contributed by atoms with E-state index in [0.29, 0.717) is 6.54 Å². The van der Waals surface area contributed by atoms with Crippen molar-refractivity contribution in [2.24, 2.45) is 11.7 Å². The van der Waals surface area contributed by atoms with Crippen molar-refractivity contribution in [3.63, 3.8) is 0 Å². The lowest BCUT2D eigenvalue weighted by Crippen LogP contribution is -2.33. The fourth-order valence-corrected chi connectivity index (χ4v) is 3.64. The van der Waals surface area contributed by atoms with Gasteiger partial charge in [-0.25, -0.2) is 4.98 Å². The number of hydrogen-bond donors (Lipinski definition) is 1. The molecule has 0 aromatic carbocycles. The molecule has 1 aromatic rings. The summed E-state index contributed by atoms with van der Waals surface area (Å²) in [5, 5.41) is 1.25. The van der Waals surface area contributed by atoms with Crippen molar-refractivity contribution in [3.05, 3.63) is 15.6 Å². The average Bonchev–Trinajstić information content (AvgIpc) is 2.71. The second kappa shape index (κ2) is 5.94. The Bertz CT molecular complexity index is 340. The number of nitrogens with zero attached hydrogens (tertiary/aromatic N) is 2. The second-order valence-corrected chi connectivity index (χ2v) is 6.19. The normalized spacial score (nSPS) is 21.9. The number of aryl methyl sites for hydroxylation is 1. The van der Waals surface area contributed by atoms with E-state index in [9.17, 15) is 0 Å². The van der Waals surface area contributed by atoms with E-state index in [4.69, 9.17) is 10.7 Å². The third kappa shape index (κ3) is 3.27. The van der Waals surface area contributed by atoms with Crippen LogP contribution in [0.5, 0.6) is 0 Å². The number of piperidine rings is 1. The van der Waals surface area contributed by atoms with Crippen molar-refractivity contribution < 1.29 is 0 Å². The smallest absolute Gasteiger partial charge is 0.107 e. The van der Waals surface area contributed by atoms with Crippen LogP contribution < -0.4 is 5.73 Å². The van der Waals surface area contributed by atoms with Crippen molar-refractivity contribution in [2.75, 3.05) is 13.1 Å². The van der Waals surface area contributed by atoms with Crippen LogP contribution in [0.2, 0.25) is 0 Å². The molecule has 1 saturated heterocycles. The highest BCUT2D eigenvalue weighted by atomic mass is 32.1. The fourth-order valence-electron chi connectivity index (χ4n) is 2.56. The predicted octanol–water partition coefficient (Wildman–Crippen LogP) is 2.40. The van der Waals surface area contributed by atoms with Gasteiger partial charge < -0.3 is 5.73 Å². The monoisotopic (exact) mass is 253 g/mol. The van der Waals surface area contributed by atoms with Gasteiger partial charge in [-0.1, -0.05) is 13.8 Å². The Kier molecular flexibility index (Phi) is 4.54. The summed E-state index contributed by atoms with van der Waals surface area (Å²) in [4.78, 5) is 8.52. The molecule has 0 amide bonds. The van der Waals surface area contributed by atoms with Gasteiger partial charge in [0, 0.05) is 18.0 Å². The first-order chi connectivity index (χ1) is 8.22. The predicted molar refractivity (Wildman–Crippen MR) is 73.1 cm³/mol. The first-order valence-electron chi connectivity index (χ1n) is 6.62. The SMILES string of the molecule is CCc1nc(CN2CCCC(C)C2)sc1CN. The Morgan fingerprint density at radius 2 is 2.35 bits per heavy atom. The first kappa shape index (κ1) is 13.0. The Morgan fingerprint density at radius 3 is 2.94 bits per heavy atom. The lowest BCUT2D eigenvalue weighted by atomic mass is 10.0. The molecule has 2 N–H and O–H groups in total. The summed E-state index contributed by atoms with van der Waals surface area (Å²) >= 11 is 1.80. The molecule has 0 aliphatic carbocycles. The molecule has 0 bridgehead atoms. The van der Waals surface area contributed by atoms with Crippen molar-refractivity contribution in [3.8, 4) is 0 Å². The Morgan fingerprint density at radius 1 is 1.53 bits per heavy atom. The molecule has 2 heterocycles. The van der Waals surface area contributed by atoms with Gasteiger partial charge in [-0.3, -0.25) is 4.90 Å². The van der Waals surface area contributed by atoms with Gasteiger partial charge in [0.05, 0.1) is 12.2 Å². The first-order valence-corrected chi connectivity index (χ1v) is 7.44. The fraction of sp³-hybridized carbons (Fsp3) is 0.769. The molecule has 96 valence electrons. The summed E-state index contributed by atoms with van der Waals surface area (Å²) in [6.07, 6.45) is 3.71. The zero-order chi connectivity index (χ0) is 12.3. The molecule has 1 aliphatic rings. The Balaban J connectivity index is 2.00. The lowest BCUT2D eigenvalue weighted by molar-refractivity contribution is 0.176. The van der Waals surface area contributed by atoms with E-state index in [1.165, 1.54) is 41.5 Å². The maximum Gasteiger partial charge on any atom is 0.107 e. The topological polar surface area (TPSA) is 42.2 Å². The van der Waals surface area contributed by atoms with Gasteiger partial charge in [0.2, 0.25) is 0 Å². The maximum atomic E-state index is 5.75. The summed E-state index contributed by atoms with van der Waals surface area (Å²) in [7, 11) is 0. The minimum Gasteiger partial charge on any atom is -0.326 e. The average molecular weight is 253 g/mol. The molecule has 1 atom stereocenters. The molecule has 3 nitrogen and oxygen atoms in total. The number of hydrogen-bond acceptors (Lipinski definition) is 4. The van der Waals surface area contributed by atoms with Crippen LogP contribution in [0.4, 0.5) is 0 Å². The van der Waals surface area contributed by atoms with Gasteiger partial charge >= 0.3 is 0 Å². The molecule has 1 aliphatic heterocycles. The maximum absolute atomic E-state index is 5.75. The van der Waals surface area contributed by atoms with Crippen LogP contribution in [-0.4, -0.2) is 23.0 Å². The van der Waals surface area contributed by atoms with E-state index in [1.807, 2.05) is 0 Å². The van der Waals surface area contributed by atoms with Gasteiger partial charge in [0.15, 0.2) is 0 Å². The van der Waals surface area contributed by atoms with Gasteiger partial charge in [0.1, 0.15) is 5.01 Å². The molecule has 1 aromatic heterocycles. The van der Waals surface area contributed by atoms with E-state index in [1.54, 1.807) is 11.3 Å². The van der Waals surface area contributed by atoms with E-state index >= 15 is 0 Å². The van der Waals surface area contributed by atoms with Crippen LogP contribution in [0.25, 0.3) is 0 Å². The van der Waals surface area contributed by atoms with Crippen LogP contribution in [0.3, 0.4) is 0 Å². The summed E-state index contributed by atoms with van der Waals surface area (Å²) in [5.41, 5.74) is 6.96. The number of likely N-dealkylation sites (tertiary alicyclic amines) is 1. The summed E-state index contributed by atoms with van der Waals surface area (Å²) < 4.78 is 0. The molecule has 0 saturated carbocycles.